The van der Waals surface area contributed by atoms with Crippen molar-refractivity contribution < 1.29 is 18.0 Å². The van der Waals surface area contributed by atoms with Crippen LogP contribution in [0, 0.1) is 11.6 Å². The number of aromatic nitrogens is 3. The average molecular weight is 381 g/mol. The Morgan fingerprint density at radius 3 is 2.50 bits per heavy atom. The molecule has 0 bridgehead atoms. The average Bonchev–Trinajstić information content (AvgIpc) is 3.06. The largest absolute Gasteiger partial charge is 0.451 e. The summed E-state index contributed by atoms with van der Waals surface area (Å²) in [4.78, 5) is 16.1. The number of hydrogen-bond donors (Lipinski definition) is 0. The Kier molecular flexibility index (Phi) is 4.67. The zero-order valence-electron chi connectivity index (χ0n) is 14.4. The van der Waals surface area contributed by atoms with Crippen LogP contribution in [-0.4, -0.2) is 14.7 Å². The van der Waals surface area contributed by atoms with Crippen molar-refractivity contribution in [1.29, 1.82) is 0 Å². The van der Waals surface area contributed by atoms with Crippen molar-refractivity contribution in [3.8, 4) is 23.0 Å². The van der Waals surface area contributed by atoms with Gasteiger partial charge in [0, 0.05) is 6.20 Å². The lowest BCUT2D eigenvalue weighted by Crippen LogP contribution is -2.16. The maximum absolute atomic E-state index is 14.4. The first-order valence-corrected chi connectivity index (χ1v) is 8.30. The number of nitrogens with zero attached hydrogens (tertiary/aromatic N) is 3. The molecule has 2 heterocycles. The standard InChI is InChI=1S/C20H13F2N3O3/c21-14-5-1-2-7-17(14)27-18-9-8-13(11-15(18)22)12-25-19(24-28-20(25)26)16-6-3-4-10-23-16/h1-11H,12H2. The first kappa shape index (κ1) is 17.6. The molecule has 0 atom stereocenters. The number of benzene rings is 2. The highest BCUT2D eigenvalue weighted by molar-refractivity contribution is 5.48. The predicted octanol–water partition coefficient (Wildman–Crippen LogP) is 4.02. The second-order valence-electron chi connectivity index (χ2n) is 5.87. The molecule has 0 radical (unpaired) electrons. The van der Waals surface area contributed by atoms with Crippen LogP contribution in [0.1, 0.15) is 5.56 Å². The highest BCUT2D eigenvalue weighted by atomic mass is 19.1. The van der Waals surface area contributed by atoms with Gasteiger partial charge in [-0.05, 0) is 42.0 Å². The van der Waals surface area contributed by atoms with E-state index in [1.165, 1.54) is 34.9 Å². The molecule has 0 spiro atoms. The van der Waals surface area contributed by atoms with Crippen LogP contribution in [0.25, 0.3) is 11.5 Å². The first-order valence-electron chi connectivity index (χ1n) is 8.30. The summed E-state index contributed by atoms with van der Waals surface area (Å²) in [6.45, 7) is 0.0190. The normalized spacial score (nSPS) is 10.8. The molecule has 28 heavy (non-hydrogen) atoms. The Hall–Kier alpha value is -3.81. The molecule has 0 saturated heterocycles. The molecule has 0 unspecified atom stereocenters. The molecule has 0 amide bonds. The van der Waals surface area contributed by atoms with Gasteiger partial charge in [0.05, 0.1) is 6.54 Å². The molecule has 0 saturated carbocycles. The molecule has 140 valence electrons. The lowest BCUT2D eigenvalue weighted by atomic mass is 10.2. The Balaban J connectivity index is 1.61. The lowest BCUT2D eigenvalue weighted by molar-refractivity contribution is 0.378. The molecule has 0 aliphatic carbocycles. The summed E-state index contributed by atoms with van der Waals surface area (Å²) in [7, 11) is 0. The van der Waals surface area contributed by atoms with E-state index in [-0.39, 0.29) is 23.9 Å². The fraction of sp³-hybridized carbons (Fsp3) is 0.0500. The number of rotatable bonds is 5. The molecular weight excluding hydrogens is 368 g/mol. The molecule has 0 aliphatic heterocycles. The maximum atomic E-state index is 14.4. The van der Waals surface area contributed by atoms with Crippen LogP contribution in [0.15, 0.2) is 76.2 Å². The fourth-order valence-corrected chi connectivity index (χ4v) is 2.64. The van der Waals surface area contributed by atoms with E-state index in [1.807, 2.05) is 0 Å². The third-order valence-electron chi connectivity index (χ3n) is 3.97. The molecule has 0 fully saturated rings. The van der Waals surface area contributed by atoms with Crippen molar-refractivity contribution in [2.45, 2.75) is 6.54 Å². The summed E-state index contributed by atoms with van der Waals surface area (Å²) < 4.78 is 39.4. The monoisotopic (exact) mass is 381 g/mol. The van der Waals surface area contributed by atoms with Gasteiger partial charge in [-0.25, -0.2) is 13.6 Å². The summed E-state index contributed by atoms with van der Waals surface area (Å²) in [5.41, 5.74) is 0.925. The zero-order chi connectivity index (χ0) is 19.5. The van der Waals surface area contributed by atoms with E-state index in [9.17, 15) is 13.6 Å². The third kappa shape index (κ3) is 3.52. The molecule has 8 heteroatoms. The smallest absolute Gasteiger partial charge is 0.442 e. The highest BCUT2D eigenvalue weighted by Gasteiger charge is 2.15. The minimum atomic E-state index is -0.690. The Morgan fingerprint density at radius 1 is 0.964 bits per heavy atom. The van der Waals surface area contributed by atoms with Gasteiger partial charge in [-0.2, -0.15) is 0 Å². The molecular formula is C20H13F2N3O3. The van der Waals surface area contributed by atoms with E-state index >= 15 is 0 Å². The van der Waals surface area contributed by atoms with Gasteiger partial charge in [0.1, 0.15) is 5.69 Å². The van der Waals surface area contributed by atoms with Crippen LogP contribution in [-0.2, 0) is 6.54 Å². The maximum Gasteiger partial charge on any atom is 0.442 e. The second-order valence-corrected chi connectivity index (χ2v) is 5.87. The van der Waals surface area contributed by atoms with Gasteiger partial charge in [-0.3, -0.25) is 14.1 Å². The van der Waals surface area contributed by atoms with Gasteiger partial charge in [-0.1, -0.05) is 29.4 Å². The Bertz CT molecular complexity index is 1170. The number of hydrogen-bond acceptors (Lipinski definition) is 5. The summed E-state index contributed by atoms with van der Waals surface area (Å²) >= 11 is 0. The molecule has 0 N–H and O–H groups in total. The number of para-hydroxylation sites is 1. The molecule has 0 aliphatic rings. The van der Waals surface area contributed by atoms with Crippen molar-refractivity contribution in [3.63, 3.8) is 0 Å². The molecule has 6 nitrogen and oxygen atoms in total. The fourth-order valence-electron chi connectivity index (χ4n) is 2.64. The van der Waals surface area contributed by atoms with Crippen molar-refractivity contribution in [2.75, 3.05) is 0 Å². The molecule has 4 rings (SSSR count). The van der Waals surface area contributed by atoms with Crippen molar-refractivity contribution >= 4 is 0 Å². The zero-order valence-corrected chi connectivity index (χ0v) is 14.4. The van der Waals surface area contributed by atoms with Gasteiger partial charge in [-0.15, -0.1) is 0 Å². The third-order valence-corrected chi connectivity index (χ3v) is 3.97. The van der Waals surface area contributed by atoms with Crippen LogP contribution >= 0.6 is 0 Å². The van der Waals surface area contributed by atoms with Gasteiger partial charge in [0.25, 0.3) is 0 Å². The first-order chi connectivity index (χ1) is 13.6. The number of halogens is 2. The Morgan fingerprint density at radius 2 is 1.75 bits per heavy atom. The van der Waals surface area contributed by atoms with E-state index in [2.05, 4.69) is 10.1 Å². The van der Waals surface area contributed by atoms with Crippen molar-refractivity contribution in [1.82, 2.24) is 14.7 Å². The van der Waals surface area contributed by atoms with Crippen molar-refractivity contribution in [3.05, 3.63) is 94.6 Å². The molecule has 2 aromatic carbocycles. The van der Waals surface area contributed by atoms with E-state index in [0.29, 0.717) is 11.3 Å². The van der Waals surface area contributed by atoms with Crippen LogP contribution in [0.4, 0.5) is 8.78 Å². The summed E-state index contributed by atoms with van der Waals surface area (Å²) in [5.74, 6) is -1.95. The van der Waals surface area contributed by atoms with Crippen LogP contribution in [0.3, 0.4) is 0 Å². The highest BCUT2D eigenvalue weighted by Crippen LogP contribution is 2.27. The van der Waals surface area contributed by atoms with Gasteiger partial charge in [0.15, 0.2) is 23.1 Å². The van der Waals surface area contributed by atoms with Gasteiger partial charge in [0.2, 0.25) is 5.82 Å². The van der Waals surface area contributed by atoms with Crippen molar-refractivity contribution in [2.24, 2.45) is 0 Å². The Labute approximate surface area is 157 Å². The van der Waals surface area contributed by atoms with E-state index in [0.717, 1.165) is 0 Å². The summed E-state index contributed by atoms with van der Waals surface area (Å²) in [6, 6.07) is 15.0. The topological polar surface area (TPSA) is 70.2 Å². The summed E-state index contributed by atoms with van der Waals surface area (Å²) in [6.07, 6.45) is 1.56. The van der Waals surface area contributed by atoms with Crippen LogP contribution < -0.4 is 10.5 Å². The molecule has 4 aromatic rings. The van der Waals surface area contributed by atoms with E-state index in [1.54, 1.807) is 36.5 Å². The van der Waals surface area contributed by atoms with Crippen LogP contribution in [0.5, 0.6) is 11.5 Å². The minimum absolute atomic E-state index is 0.0190. The lowest BCUT2D eigenvalue weighted by Gasteiger charge is -2.09. The van der Waals surface area contributed by atoms with Crippen LogP contribution in [0.2, 0.25) is 0 Å². The van der Waals surface area contributed by atoms with E-state index in [4.69, 9.17) is 9.26 Å². The van der Waals surface area contributed by atoms with E-state index < -0.39 is 17.4 Å². The quantitative estimate of drug-likeness (QED) is 0.522. The number of pyridine rings is 1. The minimum Gasteiger partial charge on any atom is -0.451 e. The van der Waals surface area contributed by atoms with Gasteiger partial charge >= 0.3 is 5.76 Å². The van der Waals surface area contributed by atoms with Gasteiger partial charge < -0.3 is 4.74 Å². The predicted molar refractivity (Wildman–Crippen MR) is 96.0 cm³/mol. The number of ether oxygens (including phenoxy) is 1. The SMILES string of the molecule is O=c1onc(-c2ccccn2)n1Cc1ccc(Oc2ccccc2F)c(F)c1. The summed E-state index contributed by atoms with van der Waals surface area (Å²) in [5, 5.41) is 3.74. The second kappa shape index (κ2) is 7.43. The molecule has 2 aromatic heterocycles.